The fourth-order valence-electron chi connectivity index (χ4n) is 0.934. The molecule has 1 rings (SSSR count). The van der Waals surface area contributed by atoms with Gasteiger partial charge >= 0.3 is 0 Å². The highest BCUT2D eigenvalue weighted by molar-refractivity contribution is 9.10. The van der Waals surface area contributed by atoms with Crippen molar-refractivity contribution in [2.24, 2.45) is 5.84 Å². The molecule has 1 unspecified atom stereocenters. The standard InChI is InChI=1S/C9H16BrN5O/c1-5(16)9(2,3)14-7-6(10)4-12-8(13-7)15-11/h4-5,16H,11H2,1-3H3,(H2,12,13,14,15). The van der Waals surface area contributed by atoms with Crippen molar-refractivity contribution in [1.29, 1.82) is 0 Å². The number of hydrazine groups is 1. The Kier molecular flexibility index (Phi) is 4.06. The zero-order valence-electron chi connectivity index (χ0n) is 9.45. The maximum atomic E-state index is 9.60. The number of aliphatic hydroxyl groups is 1. The molecule has 0 radical (unpaired) electrons. The van der Waals surface area contributed by atoms with Gasteiger partial charge in [0.05, 0.1) is 16.1 Å². The zero-order chi connectivity index (χ0) is 12.3. The number of halogens is 1. The van der Waals surface area contributed by atoms with Crippen LogP contribution < -0.4 is 16.6 Å². The van der Waals surface area contributed by atoms with Gasteiger partial charge in [-0.15, -0.1) is 0 Å². The van der Waals surface area contributed by atoms with Crippen LogP contribution in [0.25, 0.3) is 0 Å². The van der Waals surface area contributed by atoms with E-state index in [-0.39, 0.29) is 0 Å². The highest BCUT2D eigenvalue weighted by atomic mass is 79.9. The molecule has 1 aromatic heterocycles. The summed E-state index contributed by atoms with van der Waals surface area (Å²) >= 11 is 3.32. The summed E-state index contributed by atoms with van der Waals surface area (Å²) in [5.74, 6) is 6.11. The first-order chi connectivity index (χ1) is 7.36. The topological polar surface area (TPSA) is 96.1 Å². The Morgan fingerprint density at radius 3 is 2.69 bits per heavy atom. The number of aromatic nitrogens is 2. The van der Waals surface area contributed by atoms with Crippen LogP contribution in [0.15, 0.2) is 10.7 Å². The summed E-state index contributed by atoms with van der Waals surface area (Å²) in [6.45, 7) is 5.47. The van der Waals surface area contributed by atoms with Gasteiger partial charge in [-0.05, 0) is 36.7 Å². The van der Waals surface area contributed by atoms with Crippen molar-refractivity contribution in [3.8, 4) is 0 Å². The van der Waals surface area contributed by atoms with Gasteiger partial charge in [-0.2, -0.15) is 4.98 Å². The van der Waals surface area contributed by atoms with E-state index in [9.17, 15) is 5.11 Å². The predicted molar refractivity (Wildman–Crippen MR) is 66.9 cm³/mol. The van der Waals surface area contributed by atoms with Crippen LogP contribution in [0.2, 0.25) is 0 Å². The van der Waals surface area contributed by atoms with Crippen molar-refractivity contribution >= 4 is 27.7 Å². The fraction of sp³-hybridized carbons (Fsp3) is 0.556. The van der Waals surface area contributed by atoms with E-state index in [1.54, 1.807) is 13.1 Å². The number of nitrogen functional groups attached to an aromatic ring is 1. The first kappa shape index (κ1) is 13.1. The lowest BCUT2D eigenvalue weighted by Gasteiger charge is -2.30. The second-order valence-corrected chi connectivity index (χ2v) is 4.91. The molecule has 0 bridgehead atoms. The summed E-state index contributed by atoms with van der Waals surface area (Å²) in [4.78, 5) is 8.08. The lowest BCUT2D eigenvalue weighted by molar-refractivity contribution is 0.133. The lowest BCUT2D eigenvalue weighted by atomic mass is 9.99. The van der Waals surface area contributed by atoms with E-state index in [2.05, 4.69) is 36.6 Å². The maximum Gasteiger partial charge on any atom is 0.239 e. The molecule has 0 saturated heterocycles. The van der Waals surface area contributed by atoms with Gasteiger partial charge in [-0.1, -0.05) is 0 Å². The third-order valence-corrected chi connectivity index (χ3v) is 2.94. The smallest absolute Gasteiger partial charge is 0.239 e. The number of nitrogens with one attached hydrogen (secondary N) is 2. The molecule has 7 heteroatoms. The number of nitrogens with two attached hydrogens (primary N) is 1. The van der Waals surface area contributed by atoms with Gasteiger partial charge in [-0.3, -0.25) is 5.43 Å². The van der Waals surface area contributed by atoms with Crippen LogP contribution in [0.4, 0.5) is 11.8 Å². The summed E-state index contributed by atoms with van der Waals surface area (Å²) in [5, 5.41) is 12.7. The van der Waals surface area contributed by atoms with Crippen molar-refractivity contribution < 1.29 is 5.11 Å². The van der Waals surface area contributed by atoms with Gasteiger partial charge < -0.3 is 10.4 Å². The summed E-state index contributed by atoms with van der Waals surface area (Å²) in [5.41, 5.74) is 1.87. The molecular weight excluding hydrogens is 274 g/mol. The van der Waals surface area contributed by atoms with Crippen molar-refractivity contribution in [2.75, 3.05) is 10.7 Å². The summed E-state index contributed by atoms with van der Waals surface area (Å²) in [6.07, 6.45) is 1.06. The average molecular weight is 290 g/mol. The molecule has 6 nitrogen and oxygen atoms in total. The number of hydrogen-bond acceptors (Lipinski definition) is 6. The molecule has 16 heavy (non-hydrogen) atoms. The summed E-state index contributed by atoms with van der Waals surface area (Å²) in [6, 6.07) is 0. The largest absolute Gasteiger partial charge is 0.391 e. The van der Waals surface area contributed by atoms with Gasteiger partial charge in [-0.25, -0.2) is 10.8 Å². The SMILES string of the molecule is CC(O)C(C)(C)Nc1nc(NN)ncc1Br. The molecule has 1 aromatic rings. The molecule has 5 N–H and O–H groups in total. The summed E-state index contributed by atoms with van der Waals surface area (Å²) < 4.78 is 0.709. The Morgan fingerprint density at radius 2 is 2.19 bits per heavy atom. The van der Waals surface area contributed by atoms with Gasteiger partial charge in [0, 0.05) is 6.20 Å². The average Bonchev–Trinajstić information content (AvgIpc) is 2.21. The lowest BCUT2D eigenvalue weighted by Crippen LogP contribution is -2.42. The fourth-order valence-corrected chi connectivity index (χ4v) is 1.22. The van der Waals surface area contributed by atoms with Crippen molar-refractivity contribution in [3.63, 3.8) is 0 Å². The number of anilines is 2. The highest BCUT2D eigenvalue weighted by Gasteiger charge is 2.25. The minimum atomic E-state index is -0.524. The molecule has 0 fully saturated rings. The predicted octanol–water partition coefficient (Wildman–Crippen LogP) is 1.10. The Balaban J connectivity index is 2.96. The normalized spacial score (nSPS) is 13.4. The number of hydrogen-bond donors (Lipinski definition) is 4. The molecule has 0 aliphatic heterocycles. The molecule has 1 heterocycles. The van der Waals surface area contributed by atoms with E-state index in [1.165, 1.54) is 0 Å². The Labute approximate surface area is 103 Å². The van der Waals surface area contributed by atoms with E-state index in [4.69, 9.17) is 5.84 Å². The van der Waals surface area contributed by atoms with Crippen LogP contribution in [0.3, 0.4) is 0 Å². The Hall–Kier alpha value is -0.920. The van der Waals surface area contributed by atoms with Crippen LogP contribution in [-0.2, 0) is 0 Å². The molecule has 90 valence electrons. The third kappa shape index (κ3) is 3.03. The van der Waals surface area contributed by atoms with E-state index in [0.29, 0.717) is 16.2 Å². The minimum Gasteiger partial charge on any atom is -0.391 e. The van der Waals surface area contributed by atoms with Gasteiger partial charge in [0.25, 0.3) is 0 Å². The van der Waals surface area contributed by atoms with E-state index < -0.39 is 11.6 Å². The Morgan fingerprint density at radius 1 is 1.56 bits per heavy atom. The highest BCUT2D eigenvalue weighted by Crippen LogP contribution is 2.24. The van der Waals surface area contributed by atoms with Crippen LogP contribution >= 0.6 is 15.9 Å². The number of nitrogens with zero attached hydrogens (tertiary/aromatic N) is 2. The van der Waals surface area contributed by atoms with Gasteiger partial charge in [0.15, 0.2) is 0 Å². The van der Waals surface area contributed by atoms with Gasteiger partial charge in [0.2, 0.25) is 5.95 Å². The summed E-state index contributed by atoms with van der Waals surface area (Å²) in [7, 11) is 0. The second kappa shape index (κ2) is 4.94. The molecule has 1 atom stereocenters. The molecule has 0 aromatic carbocycles. The quantitative estimate of drug-likeness (QED) is 0.490. The molecule has 0 saturated carbocycles. The zero-order valence-corrected chi connectivity index (χ0v) is 11.0. The van der Waals surface area contributed by atoms with Crippen LogP contribution in [0, 0.1) is 0 Å². The monoisotopic (exact) mass is 289 g/mol. The van der Waals surface area contributed by atoms with E-state index >= 15 is 0 Å². The maximum absolute atomic E-state index is 9.60. The van der Waals surface area contributed by atoms with Crippen LogP contribution in [0.1, 0.15) is 20.8 Å². The molecule has 0 aliphatic rings. The molecule has 0 amide bonds. The van der Waals surface area contributed by atoms with Crippen LogP contribution in [-0.4, -0.2) is 26.7 Å². The Bertz CT molecular complexity index is 369. The van der Waals surface area contributed by atoms with Crippen LogP contribution in [0.5, 0.6) is 0 Å². The number of rotatable bonds is 4. The molecular formula is C9H16BrN5O. The van der Waals surface area contributed by atoms with Crippen molar-refractivity contribution in [3.05, 3.63) is 10.7 Å². The second-order valence-electron chi connectivity index (χ2n) is 4.06. The molecule has 0 aliphatic carbocycles. The first-order valence-electron chi connectivity index (χ1n) is 4.82. The van der Waals surface area contributed by atoms with E-state index in [0.717, 1.165) is 0 Å². The van der Waals surface area contributed by atoms with E-state index in [1.807, 2.05) is 13.8 Å². The minimum absolute atomic E-state index is 0.312. The third-order valence-electron chi connectivity index (χ3n) is 2.36. The van der Waals surface area contributed by atoms with Gasteiger partial charge in [0.1, 0.15) is 5.82 Å². The van der Waals surface area contributed by atoms with Crippen molar-refractivity contribution in [2.45, 2.75) is 32.4 Å². The first-order valence-corrected chi connectivity index (χ1v) is 5.61. The number of aliphatic hydroxyl groups excluding tert-OH is 1. The van der Waals surface area contributed by atoms with Crippen molar-refractivity contribution in [1.82, 2.24) is 9.97 Å². The molecule has 0 spiro atoms.